The maximum absolute atomic E-state index is 12.2. The van der Waals surface area contributed by atoms with Crippen LogP contribution in [0.2, 0.25) is 0 Å². The first-order chi connectivity index (χ1) is 9.66. The summed E-state index contributed by atoms with van der Waals surface area (Å²) in [6.07, 6.45) is 5.95. The van der Waals surface area contributed by atoms with Gasteiger partial charge in [0.25, 0.3) is 0 Å². The van der Waals surface area contributed by atoms with Crippen molar-refractivity contribution in [3.8, 4) is 0 Å². The van der Waals surface area contributed by atoms with Crippen molar-refractivity contribution in [2.45, 2.75) is 51.1 Å². The summed E-state index contributed by atoms with van der Waals surface area (Å²) in [5, 5.41) is 3.72. The van der Waals surface area contributed by atoms with Gasteiger partial charge in [-0.05, 0) is 37.3 Å². The normalized spacial score (nSPS) is 24.8. The third-order valence-electron chi connectivity index (χ3n) is 5.00. The number of para-hydroxylation sites is 1. The van der Waals surface area contributed by atoms with E-state index >= 15 is 0 Å². The summed E-state index contributed by atoms with van der Waals surface area (Å²) in [6.45, 7) is 2.28. The standard InChI is InChI=1S/C17H24N2O/c1-12(13-7-3-4-8-13)18-15-11-17(20)19(2)16-10-6-5-9-14(15)16/h5-6,9-10,12-13,15,18H,3-4,7-8,11H2,1-2H3. The van der Waals surface area contributed by atoms with Crippen LogP contribution >= 0.6 is 0 Å². The highest BCUT2D eigenvalue weighted by Crippen LogP contribution is 2.35. The first-order valence-corrected chi connectivity index (χ1v) is 7.78. The smallest absolute Gasteiger partial charge is 0.228 e. The monoisotopic (exact) mass is 272 g/mol. The second-order valence-corrected chi connectivity index (χ2v) is 6.27. The minimum Gasteiger partial charge on any atom is -0.315 e. The van der Waals surface area contributed by atoms with Gasteiger partial charge in [-0.2, -0.15) is 0 Å². The van der Waals surface area contributed by atoms with Crippen LogP contribution in [0.5, 0.6) is 0 Å². The van der Waals surface area contributed by atoms with Crippen LogP contribution in [-0.4, -0.2) is 19.0 Å². The van der Waals surface area contributed by atoms with Gasteiger partial charge < -0.3 is 10.2 Å². The van der Waals surface area contributed by atoms with E-state index in [1.165, 1.54) is 31.2 Å². The molecule has 1 aliphatic heterocycles. The molecule has 3 heteroatoms. The number of hydrogen-bond donors (Lipinski definition) is 1. The number of hydrogen-bond acceptors (Lipinski definition) is 2. The van der Waals surface area contributed by atoms with Gasteiger partial charge in [0.2, 0.25) is 5.91 Å². The highest BCUT2D eigenvalue weighted by molar-refractivity contribution is 5.96. The molecule has 0 aromatic heterocycles. The topological polar surface area (TPSA) is 32.3 Å². The lowest BCUT2D eigenvalue weighted by Gasteiger charge is -2.35. The van der Waals surface area contributed by atoms with Crippen LogP contribution in [0.3, 0.4) is 0 Å². The molecule has 2 atom stereocenters. The van der Waals surface area contributed by atoms with Gasteiger partial charge in [-0.15, -0.1) is 0 Å². The molecule has 1 aromatic carbocycles. The van der Waals surface area contributed by atoms with Gasteiger partial charge in [-0.1, -0.05) is 31.0 Å². The molecule has 2 unspecified atom stereocenters. The lowest BCUT2D eigenvalue weighted by Crippen LogP contribution is -2.42. The first kappa shape index (κ1) is 13.6. The van der Waals surface area contributed by atoms with Crippen LogP contribution < -0.4 is 10.2 Å². The summed E-state index contributed by atoms with van der Waals surface area (Å²) in [5.74, 6) is 0.983. The Balaban J connectivity index is 1.79. The van der Waals surface area contributed by atoms with Gasteiger partial charge in [-0.3, -0.25) is 4.79 Å². The van der Waals surface area contributed by atoms with Crippen LogP contribution in [-0.2, 0) is 4.79 Å². The van der Waals surface area contributed by atoms with Crippen LogP contribution in [0.4, 0.5) is 5.69 Å². The summed E-state index contributed by atoms with van der Waals surface area (Å²) < 4.78 is 0. The van der Waals surface area contributed by atoms with Gasteiger partial charge in [0.1, 0.15) is 0 Å². The largest absolute Gasteiger partial charge is 0.315 e. The molecule has 1 N–H and O–H groups in total. The van der Waals surface area contributed by atoms with Crippen molar-refractivity contribution in [1.29, 1.82) is 0 Å². The molecule has 2 aliphatic rings. The van der Waals surface area contributed by atoms with Crippen molar-refractivity contribution in [2.75, 3.05) is 11.9 Å². The van der Waals surface area contributed by atoms with E-state index in [1.54, 1.807) is 4.90 Å². The highest BCUT2D eigenvalue weighted by Gasteiger charge is 2.31. The van der Waals surface area contributed by atoms with Crippen LogP contribution in [0, 0.1) is 5.92 Å². The second kappa shape index (κ2) is 5.57. The van der Waals surface area contributed by atoms with E-state index in [-0.39, 0.29) is 11.9 Å². The fourth-order valence-electron chi connectivity index (χ4n) is 3.70. The summed E-state index contributed by atoms with van der Waals surface area (Å²) in [5.41, 5.74) is 2.32. The molecule has 1 aliphatic carbocycles. The molecular formula is C17H24N2O. The summed E-state index contributed by atoms with van der Waals surface area (Å²) >= 11 is 0. The zero-order valence-corrected chi connectivity index (χ0v) is 12.4. The maximum Gasteiger partial charge on any atom is 0.228 e. The minimum absolute atomic E-state index is 0.172. The Morgan fingerprint density at radius 1 is 1.25 bits per heavy atom. The van der Waals surface area contributed by atoms with Crippen molar-refractivity contribution in [3.05, 3.63) is 29.8 Å². The molecular weight excluding hydrogens is 248 g/mol. The molecule has 1 saturated carbocycles. The first-order valence-electron chi connectivity index (χ1n) is 7.78. The minimum atomic E-state index is 0.172. The number of benzene rings is 1. The highest BCUT2D eigenvalue weighted by atomic mass is 16.2. The van der Waals surface area contributed by atoms with E-state index in [0.29, 0.717) is 12.5 Å². The number of nitrogens with zero attached hydrogens (tertiary/aromatic N) is 1. The SMILES string of the molecule is CC(NC1CC(=O)N(C)c2ccccc21)C1CCCC1. The summed E-state index contributed by atoms with van der Waals surface area (Å²) in [6, 6.07) is 8.93. The molecule has 1 amide bonds. The predicted molar refractivity (Wildman–Crippen MR) is 81.8 cm³/mol. The van der Waals surface area contributed by atoms with E-state index in [2.05, 4.69) is 24.4 Å². The summed E-state index contributed by atoms with van der Waals surface area (Å²) in [7, 11) is 1.87. The van der Waals surface area contributed by atoms with Crippen molar-refractivity contribution < 1.29 is 4.79 Å². The van der Waals surface area contributed by atoms with Crippen molar-refractivity contribution in [2.24, 2.45) is 5.92 Å². The predicted octanol–water partition coefficient (Wildman–Crippen LogP) is 3.26. The molecule has 1 heterocycles. The Bertz CT molecular complexity index is 494. The van der Waals surface area contributed by atoms with Gasteiger partial charge >= 0.3 is 0 Å². The maximum atomic E-state index is 12.2. The molecule has 20 heavy (non-hydrogen) atoms. The van der Waals surface area contributed by atoms with Crippen molar-refractivity contribution in [1.82, 2.24) is 5.32 Å². The Morgan fingerprint density at radius 2 is 1.95 bits per heavy atom. The van der Waals surface area contributed by atoms with Gasteiger partial charge in [0.15, 0.2) is 0 Å². The molecule has 1 aromatic rings. The fourth-order valence-corrected chi connectivity index (χ4v) is 3.70. The van der Waals surface area contributed by atoms with Gasteiger partial charge in [-0.25, -0.2) is 0 Å². The fraction of sp³-hybridized carbons (Fsp3) is 0.588. The Morgan fingerprint density at radius 3 is 2.70 bits per heavy atom. The van der Waals surface area contributed by atoms with Crippen LogP contribution in [0.25, 0.3) is 0 Å². The third-order valence-corrected chi connectivity index (χ3v) is 5.00. The molecule has 3 nitrogen and oxygen atoms in total. The second-order valence-electron chi connectivity index (χ2n) is 6.27. The molecule has 1 fully saturated rings. The average molecular weight is 272 g/mol. The van der Waals surface area contributed by atoms with Gasteiger partial charge in [0.05, 0.1) is 0 Å². The lowest BCUT2D eigenvalue weighted by atomic mass is 9.92. The Hall–Kier alpha value is -1.35. The van der Waals surface area contributed by atoms with Crippen molar-refractivity contribution >= 4 is 11.6 Å². The van der Waals surface area contributed by atoms with E-state index in [1.807, 2.05) is 19.2 Å². The number of carbonyl (C=O) groups is 1. The molecule has 0 radical (unpaired) electrons. The van der Waals surface area contributed by atoms with Crippen molar-refractivity contribution in [3.63, 3.8) is 0 Å². The molecule has 3 rings (SSSR count). The number of carbonyl (C=O) groups excluding carboxylic acids is 1. The summed E-state index contributed by atoms with van der Waals surface area (Å²) in [4.78, 5) is 13.9. The average Bonchev–Trinajstić information content (AvgIpc) is 2.99. The zero-order valence-electron chi connectivity index (χ0n) is 12.4. The van der Waals surface area contributed by atoms with E-state index in [4.69, 9.17) is 0 Å². The number of nitrogens with one attached hydrogen (secondary N) is 1. The Kier molecular flexibility index (Phi) is 3.79. The zero-order chi connectivity index (χ0) is 14.1. The number of anilines is 1. The third kappa shape index (κ3) is 2.47. The number of rotatable bonds is 3. The van der Waals surface area contributed by atoms with E-state index in [0.717, 1.165) is 11.6 Å². The molecule has 0 spiro atoms. The molecule has 108 valence electrons. The van der Waals surface area contributed by atoms with E-state index < -0.39 is 0 Å². The van der Waals surface area contributed by atoms with Crippen LogP contribution in [0.15, 0.2) is 24.3 Å². The number of amides is 1. The molecule has 0 bridgehead atoms. The van der Waals surface area contributed by atoms with Gasteiger partial charge in [0, 0.05) is 31.2 Å². The quantitative estimate of drug-likeness (QED) is 0.916. The Labute approximate surface area is 121 Å². The number of fused-ring (bicyclic) bond motifs is 1. The van der Waals surface area contributed by atoms with Crippen LogP contribution in [0.1, 0.15) is 50.6 Å². The van der Waals surface area contributed by atoms with E-state index in [9.17, 15) is 4.79 Å². The molecule has 0 saturated heterocycles. The lowest BCUT2D eigenvalue weighted by molar-refractivity contribution is -0.119.